The molecule has 112 valence electrons. The fraction of sp³-hybridized carbons (Fsp3) is 0.647. The normalized spacial score (nSPS) is 17.8. The molecule has 0 aliphatic heterocycles. The van der Waals surface area contributed by atoms with Crippen molar-refractivity contribution < 1.29 is 14.3 Å². The van der Waals surface area contributed by atoms with Crippen molar-refractivity contribution in [2.75, 3.05) is 6.61 Å². The van der Waals surface area contributed by atoms with Gasteiger partial charge in [-0.15, -0.1) is 0 Å². The summed E-state index contributed by atoms with van der Waals surface area (Å²) in [6.07, 6.45) is 6.11. The molecule has 0 aromatic heterocycles. The molecule has 0 radical (unpaired) electrons. The van der Waals surface area contributed by atoms with Gasteiger partial charge in [0, 0.05) is 6.42 Å². The van der Waals surface area contributed by atoms with Crippen LogP contribution in [-0.4, -0.2) is 18.4 Å². The van der Waals surface area contributed by atoms with Crippen molar-refractivity contribution in [2.24, 2.45) is 5.41 Å². The van der Waals surface area contributed by atoms with Gasteiger partial charge in [-0.1, -0.05) is 37.6 Å². The van der Waals surface area contributed by atoms with Crippen molar-refractivity contribution in [3.05, 3.63) is 23.8 Å². The van der Waals surface area contributed by atoms with E-state index in [1.165, 1.54) is 30.1 Å². The maximum Gasteiger partial charge on any atom is 0.313 e. The number of hydrogen-bond acceptors (Lipinski definition) is 3. The molecule has 20 heavy (non-hydrogen) atoms. The average Bonchev–Trinajstić information content (AvgIpc) is 2.34. The van der Waals surface area contributed by atoms with E-state index < -0.39 is 5.97 Å². The highest BCUT2D eigenvalue weighted by Crippen LogP contribution is 2.42. The van der Waals surface area contributed by atoms with Gasteiger partial charge >= 0.3 is 5.97 Å². The SMILES string of the molecule is C=CCOC(=O)CC(=O)CCC1=C(C)CCCC1(C)C. The minimum atomic E-state index is -0.455. The predicted octanol–water partition coefficient (Wildman–Crippen LogP) is 3.98. The molecule has 1 aliphatic rings. The van der Waals surface area contributed by atoms with Gasteiger partial charge in [-0.25, -0.2) is 0 Å². The number of esters is 1. The highest BCUT2D eigenvalue weighted by atomic mass is 16.5. The molecule has 0 fully saturated rings. The largest absolute Gasteiger partial charge is 0.461 e. The standard InChI is InChI=1S/C17H26O3/c1-5-11-20-16(19)12-14(18)8-9-15-13(2)7-6-10-17(15,3)4/h5H,1,6-12H2,2-4H3. The Hall–Kier alpha value is -1.38. The molecule has 0 heterocycles. The molecule has 0 amide bonds. The smallest absolute Gasteiger partial charge is 0.313 e. The minimum Gasteiger partial charge on any atom is -0.461 e. The van der Waals surface area contributed by atoms with E-state index in [0.717, 1.165) is 12.8 Å². The van der Waals surface area contributed by atoms with Crippen molar-refractivity contribution in [1.29, 1.82) is 0 Å². The van der Waals surface area contributed by atoms with Crippen molar-refractivity contribution in [3.63, 3.8) is 0 Å². The first kappa shape index (κ1) is 16.7. The van der Waals surface area contributed by atoms with E-state index in [4.69, 9.17) is 4.74 Å². The fourth-order valence-corrected chi connectivity index (χ4v) is 2.94. The van der Waals surface area contributed by atoms with Crippen molar-refractivity contribution in [1.82, 2.24) is 0 Å². The van der Waals surface area contributed by atoms with Crippen molar-refractivity contribution in [2.45, 2.75) is 59.3 Å². The third-order valence-corrected chi connectivity index (χ3v) is 4.04. The number of allylic oxidation sites excluding steroid dienone is 2. The number of Topliss-reactive ketones (excluding diaryl/α,β-unsaturated/α-hetero) is 1. The second kappa shape index (κ2) is 7.41. The van der Waals surface area contributed by atoms with Gasteiger partial charge in [-0.3, -0.25) is 9.59 Å². The number of hydrogen-bond donors (Lipinski definition) is 0. The molecule has 1 aliphatic carbocycles. The van der Waals surface area contributed by atoms with Gasteiger partial charge in [-0.2, -0.15) is 0 Å². The van der Waals surface area contributed by atoms with Gasteiger partial charge in [0.25, 0.3) is 0 Å². The lowest BCUT2D eigenvalue weighted by Crippen LogP contribution is -2.21. The van der Waals surface area contributed by atoms with Crippen molar-refractivity contribution >= 4 is 11.8 Å². The Labute approximate surface area is 122 Å². The zero-order valence-electron chi connectivity index (χ0n) is 13.0. The Morgan fingerprint density at radius 1 is 1.40 bits per heavy atom. The monoisotopic (exact) mass is 278 g/mol. The number of rotatable bonds is 7. The molecule has 0 aromatic carbocycles. The molecular weight excluding hydrogens is 252 g/mol. The number of ketones is 1. The van der Waals surface area contributed by atoms with E-state index in [9.17, 15) is 9.59 Å². The van der Waals surface area contributed by atoms with Crippen LogP contribution in [0, 0.1) is 5.41 Å². The molecule has 3 heteroatoms. The summed E-state index contributed by atoms with van der Waals surface area (Å²) in [5.74, 6) is -0.496. The van der Waals surface area contributed by atoms with Crippen molar-refractivity contribution in [3.8, 4) is 0 Å². The van der Waals surface area contributed by atoms with Crippen LogP contribution in [0.5, 0.6) is 0 Å². The summed E-state index contributed by atoms with van der Waals surface area (Å²) in [6, 6.07) is 0. The molecule has 0 N–H and O–H groups in total. The summed E-state index contributed by atoms with van der Waals surface area (Å²) < 4.78 is 4.83. The Morgan fingerprint density at radius 2 is 2.10 bits per heavy atom. The summed E-state index contributed by atoms with van der Waals surface area (Å²) in [5, 5.41) is 0. The maximum absolute atomic E-state index is 11.8. The quantitative estimate of drug-likeness (QED) is 0.402. The summed E-state index contributed by atoms with van der Waals surface area (Å²) >= 11 is 0. The summed E-state index contributed by atoms with van der Waals surface area (Å²) in [7, 11) is 0. The second-order valence-corrected chi connectivity index (χ2v) is 6.18. The fourth-order valence-electron chi connectivity index (χ4n) is 2.94. The highest BCUT2D eigenvalue weighted by molar-refractivity contribution is 5.95. The molecule has 0 saturated carbocycles. The summed E-state index contributed by atoms with van der Waals surface area (Å²) in [6.45, 7) is 10.3. The van der Waals surface area contributed by atoms with Gasteiger partial charge in [0.1, 0.15) is 18.8 Å². The van der Waals surface area contributed by atoms with Crippen LogP contribution in [0.4, 0.5) is 0 Å². The van der Waals surface area contributed by atoms with E-state index in [1.54, 1.807) is 0 Å². The molecule has 0 saturated heterocycles. The zero-order chi connectivity index (χ0) is 15.2. The van der Waals surface area contributed by atoms with Gasteiger partial charge < -0.3 is 4.74 Å². The third-order valence-electron chi connectivity index (χ3n) is 4.04. The lowest BCUT2D eigenvalue weighted by Gasteiger charge is -2.34. The zero-order valence-corrected chi connectivity index (χ0v) is 13.0. The maximum atomic E-state index is 11.8. The molecule has 3 nitrogen and oxygen atoms in total. The van der Waals surface area contributed by atoms with Gasteiger partial charge in [0.15, 0.2) is 0 Å². The lowest BCUT2D eigenvalue weighted by atomic mass is 9.71. The van der Waals surface area contributed by atoms with Crippen LogP contribution in [0.1, 0.15) is 59.3 Å². The first-order valence-electron chi connectivity index (χ1n) is 7.34. The lowest BCUT2D eigenvalue weighted by molar-refractivity contribution is -0.144. The van der Waals surface area contributed by atoms with E-state index in [2.05, 4.69) is 27.4 Å². The molecule has 0 atom stereocenters. The van der Waals surface area contributed by atoms with E-state index in [-0.39, 0.29) is 24.2 Å². The van der Waals surface area contributed by atoms with Crippen LogP contribution in [0.25, 0.3) is 0 Å². The molecule has 0 unspecified atom stereocenters. The van der Waals surface area contributed by atoms with E-state index in [0.29, 0.717) is 6.42 Å². The van der Waals surface area contributed by atoms with Crippen LogP contribution in [0.2, 0.25) is 0 Å². The van der Waals surface area contributed by atoms with Crippen LogP contribution in [-0.2, 0) is 14.3 Å². The Kier molecular flexibility index (Phi) is 6.18. The predicted molar refractivity (Wildman–Crippen MR) is 80.3 cm³/mol. The van der Waals surface area contributed by atoms with Gasteiger partial charge in [0.05, 0.1) is 0 Å². The number of carbonyl (C=O) groups excluding carboxylic acids is 2. The third kappa shape index (κ3) is 4.95. The molecule has 0 aromatic rings. The van der Waals surface area contributed by atoms with Crippen LogP contribution >= 0.6 is 0 Å². The second-order valence-electron chi connectivity index (χ2n) is 6.18. The number of carbonyl (C=O) groups is 2. The van der Waals surface area contributed by atoms with Crippen LogP contribution in [0.15, 0.2) is 23.8 Å². The Morgan fingerprint density at radius 3 is 2.70 bits per heavy atom. The topological polar surface area (TPSA) is 43.4 Å². The Balaban J connectivity index is 2.48. The average molecular weight is 278 g/mol. The van der Waals surface area contributed by atoms with Crippen LogP contribution < -0.4 is 0 Å². The first-order chi connectivity index (χ1) is 9.36. The molecule has 1 rings (SSSR count). The van der Waals surface area contributed by atoms with Gasteiger partial charge in [0.2, 0.25) is 0 Å². The Bertz CT molecular complexity index is 416. The van der Waals surface area contributed by atoms with E-state index in [1.807, 2.05) is 0 Å². The number of ether oxygens (including phenoxy) is 1. The van der Waals surface area contributed by atoms with Crippen LogP contribution in [0.3, 0.4) is 0 Å². The highest BCUT2D eigenvalue weighted by Gasteiger charge is 2.28. The molecule has 0 spiro atoms. The molecular formula is C17H26O3. The van der Waals surface area contributed by atoms with E-state index >= 15 is 0 Å². The summed E-state index contributed by atoms with van der Waals surface area (Å²) in [5.41, 5.74) is 3.01. The summed E-state index contributed by atoms with van der Waals surface area (Å²) in [4.78, 5) is 23.2. The first-order valence-corrected chi connectivity index (χ1v) is 7.34. The van der Waals surface area contributed by atoms with Gasteiger partial charge in [-0.05, 0) is 38.0 Å². The minimum absolute atomic E-state index is 0.0410. The molecule has 0 bridgehead atoms.